The summed E-state index contributed by atoms with van der Waals surface area (Å²) in [5.41, 5.74) is 2.39. The minimum Gasteiger partial charge on any atom is -0.469 e. The minimum absolute atomic E-state index is 0.0663. The molecule has 2 aliphatic rings. The number of methoxy groups -OCH3 is 1. The molecule has 120 valence electrons. The van der Waals surface area contributed by atoms with Gasteiger partial charge in [-0.15, -0.1) is 0 Å². The molecule has 3 rings (SSSR count). The van der Waals surface area contributed by atoms with Crippen molar-refractivity contribution in [3.05, 3.63) is 34.6 Å². The zero-order valence-corrected chi connectivity index (χ0v) is 13.0. The van der Waals surface area contributed by atoms with Crippen LogP contribution in [0.25, 0.3) is 0 Å². The lowest BCUT2D eigenvalue weighted by Gasteiger charge is -2.44. The third-order valence-electron chi connectivity index (χ3n) is 4.83. The standard InChI is InChI=1S/C17H21FO4/c1-11-16-12(8-15(19)20-2)7-13(18)9-14(16)17(10-22-11)3-5-21-6-4-17/h7,9,11H,3-6,8,10H2,1-2H3/t11-/m0/s1. The van der Waals surface area contributed by atoms with Gasteiger partial charge in [-0.3, -0.25) is 4.79 Å². The Labute approximate surface area is 129 Å². The molecular formula is C17H21FO4. The van der Waals surface area contributed by atoms with Crippen molar-refractivity contribution in [2.75, 3.05) is 26.9 Å². The fourth-order valence-corrected chi connectivity index (χ4v) is 3.59. The van der Waals surface area contributed by atoms with E-state index in [0.29, 0.717) is 25.4 Å². The van der Waals surface area contributed by atoms with E-state index >= 15 is 0 Å². The number of hydrogen-bond donors (Lipinski definition) is 0. The molecule has 1 saturated heterocycles. The van der Waals surface area contributed by atoms with E-state index < -0.39 is 0 Å². The third kappa shape index (κ3) is 2.63. The molecule has 1 fully saturated rings. The van der Waals surface area contributed by atoms with Gasteiger partial charge in [0.25, 0.3) is 0 Å². The van der Waals surface area contributed by atoms with Gasteiger partial charge in [0.1, 0.15) is 5.82 Å². The number of rotatable bonds is 2. The van der Waals surface area contributed by atoms with Crippen molar-refractivity contribution in [3.8, 4) is 0 Å². The number of carbonyl (C=O) groups excluding carboxylic acids is 1. The van der Waals surface area contributed by atoms with Gasteiger partial charge in [-0.1, -0.05) is 0 Å². The maximum absolute atomic E-state index is 14.2. The zero-order chi connectivity index (χ0) is 15.7. The van der Waals surface area contributed by atoms with Gasteiger partial charge in [-0.2, -0.15) is 0 Å². The molecule has 1 aromatic carbocycles. The van der Waals surface area contributed by atoms with Crippen molar-refractivity contribution in [2.24, 2.45) is 0 Å². The molecule has 0 aromatic heterocycles. The Kier molecular flexibility index (Phi) is 4.19. The molecule has 2 heterocycles. The van der Waals surface area contributed by atoms with E-state index in [-0.39, 0.29) is 29.7 Å². The third-order valence-corrected chi connectivity index (χ3v) is 4.83. The van der Waals surface area contributed by atoms with Crippen LogP contribution in [-0.2, 0) is 30.8 Å². The van der Waals surface area contributed by atoms with E-state index in [0.717, 1.165) is 24.0 Å². The number of hydrogen-bond acceptors (Lipinski definition) is 4. The molecule has 4 nitrogen and oxygen atoms in total. The quantitative estimate of drug-likeness (QED) is 0.788. The first kappa shape index (κ1) is 15.4. The number of ether oxygens (including phenoxy) is 3. The largest absolute Gasteiger partial charge is 0.469 e. The summed E-state index contributed by atoms with van der Waals surface area (Å²) in [7, 11) is 1.34. The molecule has 0 N–H and O–H groups in total. The molecule has 0 aliphatic carbocycles. The van der Waals surface area contributed by atoms with Crippen molar-refractivity contribution in [1.82, 2.24) is 0 Å². The smallest absolute Gasteiger partial charge is 0.309 e. The molecule has 1 atom stereocenters. The highest BCUT2D eigenvalue weighted by Gasteiger charge is 2.42. The van der Waals surface area contributed by atoms with Crippen LogP contribution in [0.1, 0.15) is 42.6 Å². The molecule has 2 aliphatic heterocycles. The molecule has 0 amide bonds. The Morgan fingerprint density at radius 2 is 2.14 bits per heavy atom. The predicted octanol–water partition coefficient (Wildman–Crippen LogP) is 2.68. The van der Waals surface area contributed by atoms with E-state index in [1.54, 1.807) is 6.07 Å². The fourth-order valence-electron chi connectivity index (χ4n) is 3.59. The molecule has 0 unspecified atom stereocenters. The molecular weight excluding hydrogens is 287 g/mol. The fraction of sp³-hybridized carbons (Fsp3) is 0.588. The van der Waals surface area contributed by atoms with Gasteiger partial charge < -0.3 is 14.2 Å². The Balaban J connectivity index is 2.10. The van der Waals surface area contributed by atoms with Crippen molar-refractivity contribution in [1.29, 1.82) is 0 Å². The van der Waals surface area contributed by atoms with Crippen molar-refractivity contribution in [2.45, 2.75) is 37.7 Å². The lowest BCUT2D eigenvalue weighted by atomic mass is 9.70. The number of fused-ring (bicyclic) bond motifs is 2. The number of halogens is 1. The lowest BCUT2D eigenvalue weighted by molar-refractivity contribution is -0.139. The van der Waals surface area contributed by atoms with E-state index in [9.17, 15) is 9.18 Å². The summed E-state index contributed by atoms with van der Waals surface area (Å²) in [5.74, 6) is -0.677. The number of esters is 1. The van der Waals surface area contributed by atoms with Crippen molar-refractivity contribution in [3.63, 3.8) is 0 Å². The topological polar surface area (TPSA) is 44.8 Å². The van der Waals surface area contributed by atoms with Gasteiger partial charge in [0, 0.05) is 18.6 Å². The Morgan fingerprint density at radius 1 is 1.41 bits per heavy atom. The normalized spacial score (nSPS) is 23.1. The highest BCUT2D eigenvalue weighted by atomic mass is 19.1. The van der Waals surface area contributed by atoms with Crippen LogP contribution in [-0.4, -0.2) is 32.9 Å². The minimum atomic E-state index is -0.369. The molecule has 0 bridgehead atoms. The second-order valence-electron chi connectivity index (χ2n) is 6.12. The van der Waals surface area contributed by atoms with Crippen LogP contribution in [0, 0.1) is 5.82 Å². The summed E-state index contributed by atoms with van der Waals surface area (Å²) in [6, 6.07) is 3.04. The van der Waals surface area contributed by atoms with Crippen LogP contribution in [0.5, 0.6) is 0 Å². The Morgan fingerprint density at radius 3 is 2.82 bits per heavy atom. The predicted molar refractivity (Wildman–Crippen MR) is 78.2 cm³/mol. The van der Waals surface area contributed by atoms with Gasteiger partial charge in [0.05, 0.1) is 26.2 Å². The van der Waals surface area contributed by atoms with Crippen LogP contribution in [0.15, 0.2) is 12.1 Å². The van der Waals surface area contributed by atoms with Crippen molar-refractivity contribution < 1.29 is 23.4 Å². The highest BCUT2D eigenvalue weighted by molar-refractivity contribution is 5.73. The van der Waals surface area contributed by atoms with Crippen molar-refractivity contribution >= 4 is 5.97 Å². The van der Waals surface area contributed by atoms with Crippen LogP contribution in [0.4, 0.5) is 4.39 Å². The summed E-state index contributed by atoms with van der Waals surface area (Å²) < 4.78 is 30.3. The maximum Gasteiger partial charge on any atom is 0.309 e. The Hall–Kier alpha value is -1.46. The van der Waals surface area contributed by atoms with Crippen LogP contribution in [0.3, 0.4) is 0 Å². The summed E-state index contributed by atoms with van der Waals surface area (Å²) in [6.45, 7) is 3.83. The van der Waals surface area contributed by atoms with E-state index in [4.69, 9.17) is 14.2 Å². The van der Waals surface area contributed by atoms with E-state index in [1.165, 1.54) is 13.2 Å². The van der Waals surface area contributed by atoms with Crippen LogP contribution >= 0.6 is 0 Å². The van der Waals surface area contributed by atoms with Crippen LogP contribution < -0.4 is 0 Å². The van der Waals surface area contributed by atoms with Crippen LogP contribution in [0.2, 0.25) is 0 Å². The first-order chi connectivity index (χ1) is 10.6. The summed E-state index contributed by atoms with van der Waals surface area (Å²) in [4.78, 5) is 11.6. The molecule has 0 saturated carbocycles. The molecule has 1 aromatic rings. The molecule has 1 spiro atoms. The highest BCUT2D eigenvalue weighted by Crippen LogP contribution is 2.45. The average Bonchev–Trinajstić information content (AvgIpc) is 2.52. The monoisotopic (exact) mass is 308 g/mol. The first-order valence-electron chi connectivity index (χ1n) is 7.65. The van der Waals surface area contributed by atoms with E-state index in [1.807, 2.05) is 6.92 Å². The summed E-state index contributed by atoms with van der Waals surface area (Å²) >= 11 is 0. The van der Waals surface area contributed by atoms with E-state index in [2.05, 4.69) is 0 Å². The Bertz CT molecular complexity index is 578. The zero-order valence-electron chi connectivity index (χ0n) is 13.0. The lowest BCUT2D eigenvalue weighted by Crippen LogP contribution is -2.43. The van der Waals surface area contributed by atoms with Gasteiger partial charge in [-0.05, 0) is 48.6 Å². The first-order valence-corrected chi connectivity index (χ1v) is 7.65. The SMILES string of the molecule is COC(=O)Cc1cc(F)cc2c1[C@H](C)OCC21CCOCC1. The summed E-state index contributed by atoms with van der Waals surface area (Å²) in [5, 5.41) is 0. The van der Waals surface area contributed by atoms with Gasteiger partial charge in [0.2, 0.25) is 0 Å². The molecule has 22 heavy (non-hydrogen) atoms. The number of carbonyl (C=O) groups is 1. The molecule has 0 radical (unpaired) electrons. The van der Waals surface area contributed by atoms with Gasteiger partial charge in [0.15, 0.2) is 0 Å². The summed E-state index contributed by atoms with van der Waals surface area (Å²) in [6.07, 6.45) is 1.54. The number of benzene rings is 1. The van der Waals surface area contributed by atoms with Gasteiger partial charge >= 0.3 is 5.97 Å². The molecule has 5 heteroatoms. The second-order valence-corrected chi connectivity index (χ2v) is 6.12. The second kappa shape index (κ2) is 5.97. The maximum atomic E-state index is 14.2. The average molecular weight is 308 g/mol. The van der Waals surface area contributed by atoms with Gasteiger partial charge in [-0.25, -0.2) is 4.39 Å².